The minimum absolute atomic E-state index is 0.248. The lowest BCUT2D eigenvalue weighted by atomic mass is 10.1. The van der Waals surface area contributed by atoms with Gasteiger partial charge in [-0.05, 0) is 42.2 Å². The fourth-order valence-corrected chi connectivity index (χ4v) is 4.02. The zero-order chi connectivity index (χ0) is 22.6. The molecular formula is C25H22Cl2N4O2. The molecule has 1 saturated carbocycles. The van der Waals surface area contributed by atoms with Crippen LogP contribution in [0.5, 0.6) is 0 Å². The van der Waals surface area contributed by atoms with Crippen LogP contribution in [0.25, 0.3) is 12.2 Å². The van der Waals surface area contributed by atoms with Crippen LogP contribution >= 0.6 is 23.2 Å². The zero-order valence-corrected chi connectivity index (χ0v) is 19.3. The highest BCUT2D eigenvalue weighted by atomic mass is 35.5. The fraction of sp³-hybridized carbons (Fsp3) is 0.240. The van der Waals surface area contributed by atoms with Crippen molar-refractivity contribution in [2.24, 2.45) is 0 Å². The lowest BCUT2D eigenvalue weighted by molar-refractivity contribution is 0.0280. The molecule has 1 aliphatic rings. The molecule has 1 unspecified atom stereocenters. The van der Waals surface area contributed by atoms with Crippen molar-refractivity contribution in [2.75, 3.05) is 0 Å². The second-order valence-electron chi connectivity index (χ2n) is 8.05. The summed E-state index contributed by atoms with van der Waals surface area (Å²) >= 11 is 12.5. The molecule has 168 valence electrons. The molecule has 0 saturated heterocycles. The van der Waals surface area contributed by atoms with E-state index in [2.05, 4.69) is 15.2 Å². The topological polar surface area (TPSA) is 66.0 Å². The van der Waals surface area contributed by atoms with Crippen molar-refractivity contribution in [2.45, 2.75) is 38.0 Å². The summed E-state index contributed by atoms with van der Waals surface area (Å²) in [6.07, 6.45) is 11.2. The van der Waals surface area contributed by atoms with Crippen LogP contribution in [0.3, 0.4) is 0 Å². The average Bonchev–Trinajstić information content (AvgIpc) is 3.33. The van der Waals surface area contributed by atoms with Crippen molar-refractivity contribution < 1.29 is 9.15 Å². The Labute approximate surface area is 201 Å². The van der Waals surface area contributed by atoms with E-state index in [1.807, 2.05) is 59.3 Å². The molecule has 8 heteroatoms. The van der Waals surface area contributed by atoms with Gasteiger partial charge in [-0.25, -0.2) is 4.98 Å². The van der Waals surface area contributed by atoms with Crippen LogP contribution in [0, 0.1) is 0 Å². The lowest BCUT2D eigenvalue weighted by Gasteiger charge is -2.20. The molecule has 2 aromatic heterocycles. The van der Waals surface area contributed by atoms with Crippen LogP contribution in [-0.4, -0.2) is 19.7 Å². The van der Waals surface area contributed by atoms with Crippen LogP contribution in [0.2, 0.25) is 10.0 Å². The number of nitrogens with zero attached hydrogens (tertiary/aromatic N) is 4. The molecule has 4 aromatic rings. The van der Waals surface area contributed by atoms with Crippen LogP contribution < -0.4 is 0 Å². The Hall–Kier alpha value is -2.93. The summed E-state index contributed by atoms with van der Waals surface area (Å²) in [5.41, 5.74) is 2.99. The van der Waals surface area contributed by atoms with Gasteiger partial charge in [-0.2, -0.15) is 0 Å². The van der Waals surface area contributed by atoms with Crippen LogP contribution in [0.1, 0.15) is 53.3 Å². The number of aromatic nitrogens is 4. The van der Waals surface area contributed by atoms with Gasteiger partial charge in [0.1, 0.15) is 6.10 Å². The molecular weight excluding hydrogens is 459 g/mol. The number of hydrogen-bond acceptors (Lipinski definition) is 5. The minimum Gasteiger partial charge on any atom is -0.421 e. The smallest absolute Gasteiger partial charge is 0.240 e. The average molecular weight is 481 g/mol. The van der Waals surface area contributed by atoms with Gasteiger partial charge in [0.25, 0.3) is 0 Å². The molecule has 1 aliphatic carbocycles. The monoisotopic (exact) mass is 480 g/mol. The van der Waals surface area contributed by atoms with Crippen molar-refractivity contribution >= 4 is 35.4 Å². The Morgan fingerprint density at radius 1 is 1.09 bits per heavy atom. The number of imidazole rings is 1. The molecule has 5 rings (SSSR count). The van der Waals surface area contributed by atoms with Gasteiger partial charge in [-0.15, -0.1) is 10.2 Å². The first kappa shape index (κ1) is 21.9. The fourth-order valence-electron chi connectivity index (χ4n) is 3.49. The van der Waals surface area contributed by atoms with Gasteiger partial charge in [-0.3, -0.25) is 0 Å². The molecule has 0 radical (unpaired) electrons. The number of rotatable bonds is 9. The van der Waals surface area contributed by atoms with Gasteiger partial charge >= 0.3 is 0 Å². The number of ether oxygens (including phenoxy) is 1. The maximum Gasteiger partial charge on any atom is 0.240 e. The molecule has 0 N–H and O–H groups in total. The number of halogens is 2. The summed E-state index contributed by atoms with van der Waals surface area (Å²) in [4.78, 5) is 4.12. The van der Waals surface area contributed by atoms with Crippen molar-refractivity contribution in [3.63, 3.8) is 0 Å². The van der Waals surface area contributed by atoms with Gasteiger partial charge in [0.15, 0.2) is 0 Å². The number of hydrogen-bond donors (Lipinski definition) is 0. The Kier molecular flexibility index (Phi) is 6.58. The predicted octanol–water partition coefficient (Wildman–Crippen LogP) is 6.58. The molecule has 0 spiro atoms. The third-order valence-electron chi connectivity index (χ3n) is 5.48. The summed E-state index contributed by atoms with van der Waals surface area (Å²) in [6, 6.07) is 13.6. The lowest BCUT2D eigenvalue weighted by Crippen LogP contribution is -2.12. The van der Waals surface area contributed by atoms with E-state index in [1.165, 1.54) is 0 Å². The minimum atomic E-state index is -0.248. The van der Waals surface area contributed by atoms with Gasteiger partial charge in [0, 0.05) is 40.0 Å². The van der Waals surface area contributed by atoms with Gasteiger partial charge in [0.2, 0.25) is 11.8 Å². The standard InChI is InChI=1S/C25H22Cl2N4O2/c26-20-8-9-21(22(27)13-20)23(14-31-12-11-28-16-31)32-15-18-3-1-17(2-4-18)5-10-24-29-30-25(33-24)19-6-7-19/h1-5,8-13,16,19,23H,6-7,14-15H2/b10-5+. The van der Waals surface area contributed by atoms with Gasteiger partial charge in [-0.1, -0.05) is 53.5 Å². The normalized spacial score (nSPS) is 14.7. The molecule has 0 aliphatic heterocycles. The second-order valence-corrected chi connectivity index (χ2v) is 8.90. The summed E-state index contributed by atoms with van der Waals surface area (Å²) in [6.45, 7) is 1.03. The van der Waals surface area contributed by atoms with E-state index in [0.717, 1.165) is 35.4 Å². The molecule has 1 atom stereocenters. The first-order chi connectivity index (χ1) is 16.1. The maximum atomic E-state index is 6.46. The summed E-state index contributed by atoms with van der Waals surface area (Å²) in [7, 11) is 0. The molecule has 2 heterocycles. The van der Waals surface area contributed by atoms with Gasteiger partial charge in [0.05, 0.1) is 19.5 Å². The highest BCUT2D eigenvalue weighted by molar-refractivity contribution is 6.35. The molecule has 6 nitrogen and oxygen atoms in total. The third-order valence-corrected chi connectivity index (χ3v) is 6.04. The molecule has 1 fully saturated rings. The first-order valence-corrected chi connectivity index (χ1v) is 11.5. The van der Waals surface area contributed by atoms with Crippen molar-refractivity contribution in [1.82, 2.24) is 19.7 Å². The SMILES string of the molecule is Clc1ccc(C(Cn2ccnc2)OCc2ccc(/C=C/c3nnc(C4CC4)o3)cc2)c(Cl)c1. The quantitative estimate of drug-likeness (QED) is 0.270. The predicted molar refractivity (Wildman–Crippen MR) is 128 cm³/mol. The van der Waals surface area contributed by atoms with E-state index in [9.17, 15) is 0 Å². The Bertz CT molecular complexity index is 1230. The molecule has 0 amide bonds. The third kappa shape index (κ3) is 5.71. The van der Waals surface area contributed by atoms with Crippen LogP contribution in [-0.2, 0) is 17.9 Å². The van der Waals surface area contributed by atoms with E-state index >= 15 is 0 Å². The maximum absolute atomic E-state index is 6.46. The Morgan fingerprint density at radius 3 is 2.67 bits per heavy atom. The summed E-state index contributed by atoms with van der Waals surface area (Å²) in [5, 5.41) is 9.36. The highest BCUT2D eigenvalue weighted by Crippen LogP contribution is 2.39. The Morgan fingerprint density at radius 2 is 1.94 bits per heavy atom. The van der Waals surface area contributed by atoms with E-state index in [1.54, 1.807) is 18.6 Å². The first-order valence-electron chi connectivity index (χ1n) is 10.8. The molecule has 33 heavy (non-hydrogen) atoms. The van der Waals surface area contributed by atoms with Gasteiger partial charge < -0.3 is 13.7 Å². The summed E-state index contributed by atoms with van der Waals surface area (Å²) in [5.74, 6) is 1.74. The molecule has 0 bridgehead atoms. The van der Waals surface area contributed by atoms with Crippen LogP contribution in [0.15, 0.2) is 65.6 Å². The van der Waals surface area contributed by atoms with Crippen molar-refractivity contribution in [3.05, 3.63) is 99.7 Å². The number of benzene rings is 2. The van der Waals surface area contributed by atoms with E-state index in [-0.39, 0.29) is 6.10 Å². The zero-order valence-electron chi connectivity index (χ0n) is 17.8. The Balaban J connectivity index is 1.24. The van der Waals surface area contributed by atoms with E-state index in [0.29, 0.717) is 35.0 Å². The van der Waals surface area contributed by atoms with E-state index in [4.69, 9.17) is 32.4 Å². The van der Waals surface area contributed by atoms with Crippen molar-refractivity contribution in [1.29, 1.82) is 0 Å². The second kappa shape index (κ2) is 9.91. The summed E-state index contributed by atoms with van der Waals surface area (Å²) < 4.78 is 13.9. The molecule has 2 aromatic carbocycles. The van der Waals surface area contributed by atoms with Crippen LogP contribution in [0.4, 0.5) is 0 Å². The largest absolute Gasteiger partial charge is 0.421 e. The van der Waals surface area contributed by atoms with E-state index < -0.39 is 0 Å². The highest BCUT2D eigenvalue weighted by Gasteiger charge is 2.29. The van der Waals surface area contributed by atoms with Crippen molar-refractivity contribution in [3.8, 4) is 0 Å².